The van der Waals surface area contributed by atoms with Gasteiger partial charge in [0.25, 0.3) is 0 Å². The highest BCUT2D eigenvalue weighted by Crippen LogP contribution is 2.27. The Hall–Kier alpha value is -1.79. The first-order valence-corrected chi connectivity index (χ1v) is 6.89. The maximum Gasteiger partial charge on any atom is 0.326 e. The van der Waals surface area contributed by atoms with Crippen molar-refractivity contribution in [3.8, 4) is 0 Å². The Morgan fingerprint density at radius 3 is 2.35 bits per heavy atom. The average Bonchev–Trinajstić information content (AvgIpc) is 3.14. The molecule has 1 fully saturated rings. The molecule has 0 spiro atoms. The van der Waals surface area contributed by atoms with Crippen LogP contribution in [-0.2, 0) is 9.59 Å². The monoisotopic (exact) mass is 285 g/mol. The molecular weight excluding hydrogens is 262 g/mol. The lowest BCUT2D eigenvalue weighted by Crippen LogP contribution is -2.49. The van der Waals surface area contributed by atoms with Gasteiger partial charge in [-0.15, -0.1) is 0 Å². The smallest absolute Gasteiger partial charge is 0.326 e. The Bertz CT molecular complexity index is 380. The molecule has 114 valence electrons. The number of primary amides is 1. The van der Waals surface area contributed by atoms with E-state index in [2.05, 4.69) is 5.32 Å². The first kappa shape index (κ1) is 16.3. The molecular formula is C13H23N3O4. The second kappa shape index (κ2) is 7.12. The summed E-state index contributed by atoms with van der Waals surface area (Å²) in [6.45, 7) is 4.60. The quantitative estimate of drug-likeness (QED) is 0.604. The second-order valence-corrected chi connectivity index (χ2v) is 5.62. The van der Waals surface area contributed by atoms with Crippen LogP contribution in [0.15, 0.2) is 0 Å². The van der Waals surface area contributed by atoms with Gasteiger partial charge >= 0.3 is 12.0 Å². The number of amides is 3. The Morgan fingerprint density at radius 2 is 1.95 bits per heavy atom. The Kier molecular flexibility index (Phi) is 5.79. The van der Waals surface area contributed by atoms with Gasteiger partial charge in [0.15, 0.2) is 0 Å². The number of rotatable bonds is 8. The highest BCUT2D eigenvalue weighted by molar-refractivity contribution is 5.83. The predicted octanol–water partition coefficient (Wildman–Crippen LogP) is 0.535. The van der Waals surface area contributed by atoms with Crippen molar-refractivity contribution >= 4 is 17.9 Å². The van der Waals surface area contributed by atoms with Crippen LogP contribution < -0.4 is 11.1 Å². The molecule has 0 unspecified atom stereocenters. The van der Waals surface area contributed by atoms with Crippen LogP contribution in [0, 0.1) is 5.92 Å². The van der Waals surface area contributed by atoms with Crippen LogP contribution >= 0.6 is 0 Å². The van der Waals surface area contributed by atoms with Crippen LogP contribution in [0.1, 0.15) is 39.5 Å². The van der Waals surface area contributed by atoms with Crippen LogP contribution in [0.2, 0.25) is 0 Å². The molecule has 0 aliphatic heterocycles. The fourth-order valence-corrected chi connectivity index (χ4v) is 1.95. The second-order valence-electron chi connectivity index (χ2n) is 5.62. The molecule has 3 amide bonds. The van der Waals surface area contributed by atoms with E-state index in [1.165, 1.54) is 0 Å². The minimum Gasteiger partial charge on any atom is -0.480 e. The van der Waals surface area contributed by atoms with Crippen LogP contribution in [0.4, 0.5) is 4.79 Å². The maximum absolute atomic E-state index is 12.2. The number of carboxylic acids is 1. The van der Waals surface area contributed by atoms with E-state index in [9.17, 15) is 14.4 Å². The Labute approximate surface area is 118 Å². The van der Waals surface area contributed by atoms with E-state index in [0.29, 0.717) is 12.5 Å². The van der Waals surface area contributed by atoms with E-state index in [0.717, 1.165) is 12.8 Å². The molecule has 0 bridgehead atoms. The van der Waals surface area contributed by atoms with Crippen molar-refractivity contribution in [3.63, 3.8) is 0 Å². The van der Waals surface area contributed by atoms with Crippen LogP contribution in [0.5, 0.6) is 0 Å². The standard InChI is InChI=1S/C13H23N3O4/c1-8(2)7-16(9-3-4-9)13(20)15-10(12(18)19)5-6-11(14)17/h8-10H,3-7H2,1-2H3,(H2,14,17)(H,15,20)(H,18,19)/t10-/m0/s1. The van der Waals surface area contributed by atoms with Crippen molar-refractivity contribution < 1.29 is 19.5 Å². The molecule has 0 aromatic heterocycles. The van der Waals surface area contributed by atoms with E-state index in [1.807, 2.05) is 13.8 Å². The van der Waals surface area contributed by atoms with Crippen molar-refractivity contribution in [1.29, 1.82) is 0 Å². The summed E-state index contributed by atoms with van der Waals surface area (Å²) in [6, 6.07) is -1.25. The molecule has 1 aliphatic rings. The zero-order valence-electron chi connectivity index (χ0n) is 12.0. The third-order valence-electron chi connectivity index (χ3n) is 3.09. The highest BCUT2D eigenvalue weighted by atomic mass is 16.4. The SMILES string of the molecule is CC(C)CN(C(=O)N[C@@H](CCC(N)=O)C(=O)O)C1CC1. The lowest BCUT2D eigenvalue weighted by atomic mass is 10.1. The number of hydrogen-bond donors (Lipinski definition) is 3. The van der Waals surface area contributed by atoms with Crippen molar-refractivity contribution in [2.45, 2.75) is 51.6 Å². The first-order chi connectivity index (χ1) is 9.31. The van der Waals surface area contributed by atoms with Crippen molar-refractivity contribution in [3.05, 3.63) is 0 Å². The van der Waals surface area contributed by atoms with Gasteiger partial charge in [-0.3, -0.25) is 4.79 Å². The first-order valence-electron chi connectivity index (χ1n) is 6.89. The summed E-state index contributed by atoms with van der Waals surface area (Å²) in [5.41, 5.74) is 5.00. The summed E-state index contributed by atoms with van der Waals surface area (Å²) >= 11 is 0. The summed E-state index contributed by atoms with van der Waals surface area (Å²) in [5, 5.41) is 11.5. The largest absolute Gasteiger partial charge is 0.480 e. The molecule has 7 nitrogen and oxygen atoms in total. The third-order valence-corrected chi connectivity index (χ3v) is 3.09. The van der Waals surface area contributed by atoms with E-state index in [4.69, 9.17) is 10.8 Å². The number of aliphatic carboxylic acids is 1. The van der Waals surface area contributed by atoms with Gasteiger partial charge in [-0.1, -0.05) is 13.8 Å². The molecule has 0 saturated heterocycles. The van der Waals surface area contributed by atoms with Gasteiger partial charge < -0.3 is 21.1 Å². The Balaban J connectivity index is 2.58. The molecule has 7 heteroatoms. The summed E-state index contributed by atoms with van der Waals surface area (Å²) in [4.78, 5) is 35.6. The summed E-state index contributed by atoms with van der Waals surface area (Å²) in [5.74, 6) is -1.41. The lowest BCUT2D eigenvalue weighted by Gasteiger charge is -2.26. The number of carbonyl (C=O) groups is 3. The fraction of sp³-hybridized carbons (Fsp3) is 0.769. The fourth-order valence-electron chi connectivity index (χ4n) is 1.95. The molecule has 20 heavy (non-hydrogen) atoms. The van der Waals surface area contributed by atoms with Gasteiger partial charge in [0.2, 0.25) is 5.91 Å². The molecule has 1 rings (SSSR count). The molecule has 0 aromatic rings. The molecule has 1 atom stereocenters. The molecule has 0 heterocycles. The molecule has 0 aromatic carbocycles. The van der Waals surface area contributed by atoms with Gasteiger partial charge in [0.05, 0.1) is 0 Å². The van der Waals surface area contributed by atoms with Crippen molar-refractivity contribution in [1.82, 2.24) is 10.2 Å². The topological polar surface area (TPSA) is 113 Å². The van der Waals surface area contributed by atoms with Crippen molar-refractivity contribution in [2.24, 2.45) is 11.7 Å². The molecule has 1 aliphatic carbocycles. The highest BCUT2D eigenvalue weighted by Gasteiger charge is 2.34. The van der Waals surface area contributed by atoms with Crippen molar-refractivity contribution in [2.75, 3.05) is 6.54 Å². The maximum atomic E-state index is 12.2. The van der Waals surface area contributed by atoms with Gasteiger partial charge in [-0.25, -0.2) is 9.59 Å². The van der Waals surface area contributed by atoms with E-state index >= 15 is 0 Å². The summed E-state index contributed by atoms with van der Waals surface area (Å²) < 4.78 is 0. The van der Waals surface area contributed by atoms with E-state index in [1.54, 1.807) is 4.90 Å². The number of carbonyl (C=O) groups excluding carboxylic acids is 2. The van der Waals surface area contributed by atoms with E-state index in [-0.39, 0.29) is 24.9 Å². The predicted molar refractivity (Wildman–Crippen MR) is 72.9 cm³/mol. The normalized spacial score (nSPS) is 15.8. The number of nitrogens with one attached hydrogen (secondary N) is 1. The van der Waals surface area contributed by atoms with E-state index < -0.39 is 17.9 Å². The number of hydrogen-bond acceptors (Lipinski definition) is 3. The average molecular weight is 285 g/mol. The van der Waals surface area contributed by atoms with Gasteiger partial charge in [-0.05, 0) is 25.2 Å². The number of carboxylic acid groups (broad SMARTS) is 1. The van der Waals surface area contributed by atoms with Gasteiger partial charge in [0.1, 0.15) is 6.04 Å². The van der Waals surface area contributed by atoms with Gasteiger partial charge in [0, 0.05) is 19.0 Å². The molecule has 1 saturated carbocycles. The number of nitrogens with two attached hydrogens (primary N) is 1. The number of urea groups is 1. The van der Waals surface area contributed by atoms with Crippen LogP contribution in [-0.4, -0.2) is 46.5 Å². The summed E-state index contributed by atoms with van der Waals surface area (Å²) in [7, 11) is 0. The van der Waals surface area contributed by atoms with Crippen LogP contribution in [0.25, 0.3) is 0 Å². The zero-order chi connectivity index (χ0) is 15.3. The molecule has 0 radical (unpaired) electrons. The third kappa shape index (κ3) is 5.46. The minimum atomic E-state index is -1.15. The summed E-state index contributed by atoms with van der Waals surface area (Å²) in [6.07, 6.45) is 1.86. The van der Waals surface area contributed by atoms with Crippen LogP contribution in [0.3, 0.4) is 0 Å². The molecule has 4 N–H and O–H groups in total. The number of nitrogens with zero attached hydrogens (tertiary/aromatic N) is 1. The lowest BCUT2D eigenvalue weighted by molar-refractivity contribution is -0.139. The Morgan fingerprint density at radius 1 is 1.35 bits per heavy atom. The van der Waals surface area contributed by atoms with Gasteiger partial charge in [-0.2, -0.15) is 0 Å². The zero-order valence-corrected chi connectivity index (χ0v) is 12.0. The minimum absolute atomic E-state index is 0.0105.